The monoisotopic (exact) mass is 428 g/mol. The van der Waals surface area contributed by atoms with Gasteiger partial charge in [0.2, 0.25) is 10.0 Å². The highest BCUT2D eigenvalue weighted by Gasteiger charge is 2.41. The molecule has 1 fully saturated rings. The molecule has 9 nitrogen and oxygen atoms in total. The van der Waals surface area contributed by atoms with Crippen molar-refractivity contribution in [2.75, 3.05) is 0 Å². The van der Waals surface area contributed by atoms with Crippen LogP contribution in [-0.4, -0.2) is 28.2 Å². The van der Waals surface area contributed by atoms with E-state index < -0.39 is 26.8 Å². The maximum atomic E-state index is 13.1. The first-order chi connectivity index (χ1) is 14.1. The van der Waals surface area contributed by atoms with E-state index in [-0.39, 0.29) is 28.9 Å². The van der Waals surface area contributed by atoms with Crippen LogP contribution in [0.2, 0.25) is 0 Å². The Balaban J connectivity index is 1.91. The minimum absolute atomic E-state index is 0.0480. The number of fused-ring (bicyclic) bond motifs is 1. The molecule has 2 aromatic heterocycles. The number of nitrogens with one attached hydrogen (secondary N) is 1. The van der Waals surface area contributed by atoms with Gasteiger partial charge in [0.25, 0.3) is 5.56 Å². The summed E-state index contributed by atoms with van der Waals surface area (Å²) in [6.45, 7) is 3.32. The summed E-state index contributed by atoms with van der Waals surface area (Å²) in [6.07, 6.45) is 6.92. The van der Waals surface area contributed by atoms with Crippen LogP contribution in [0.15, 0.2) is 43.3 Å². The van der Waals surface area contributed by atoms with E-state index in [1.807, 2.05) is 6.92 Å². The van der Waals surface area contributed by atoms with Crippen molar-refractivity contribution in [3.63, 3.8) is 0 Å². The largest absolute Gasteiger partial charge is 0.359 e. The molecule has 0 atom stereocenters. The second kappa shape index (κ2) is 6.97. The maximum Gasteiger partial charge on any atom is 0.332 e. The van der Waals surface area contributed by atoms with Gasteiger partial charge in [-0.3, -0.25) is 13.9 Å². The third-order valence-electron chi connectivity index (χ3n) is 5.13. The Kier molecular flexibility index (Phi) is 4.67. The van der Waals surface area contributed by atoms with Crippen molar-refractivity contribution in [2.45, 2.75) is 50.2 Å². The molecule has 1 aliphatic rings. The number of aromatic nitrogens is 3. The van der Waals surface area contributed by atoms with Crippen LogP contribution in [0.4, 0.5) is 0 Å². The zero-order valence-corrected chi connectivity index (χ0v) is 17.3. The van der Waals surface area contributed by atoms with Crippen LogP contribution < -0.4 is 16.0 Å². The van der Waals surface area contributed by atoms with Crippen LogP contribution in [0.3, 0.4) is 0 Å². The van der Waals surface area contributed by atoms with Gasteiger partial charge in [0.15, 0.2) is 5.76 Å². The Hall–Kier alpha value is -3.16. The molecule has 30 heavy (non-hydrogen) atoms. The Morgan fingerprint density at radius 3 is 2.60 bits per heavy atom. The fraction of sp³-hybridized carbons (Fsp3) is 0.350. The first-order valence-electron chi connectivity index (χ1n) is 9.31. The first kappa shape index (κ1) is 20.1. The van der Waals surface area contributed by atoms with Crippen LogP contribution in [0.1, 0.15) is 31.2 Å². The normalized spacial score (nSPS) is 15.2. The van der Waals surface area contributed by atoms with Gasteiger partial charge in [-0.15, -0.1) is 6.42 Å². The summed E-state index contributed by atoms with van der Waals surface area (Å²) in [7, 11) is -3.82. The highest BCUT2D eigenvalue weighted by Crippen LogP contribution is 2.36. The molecule has 0 saturated heterocycles. The number of rotatable bonds is 6. The summed E-state index contributed by atoms with van der Waals surface area (Å²) in [6, 6.07) is 5.69. The smallest absolute Gasteiger partial charge is 0.332 e. The summed E-state index contributed by atoms with van der Waals surface area (Å²) >= 11 is 0. The van der Waals surface area contributed by atoms with E-state index in [4.69, 9.17) is 10.9 Å². The molecule has 1 saturated carbocycles. The van der Waals surface area contributed by atoms with E-state index in [2.05, 4.69) is 15.8 Å². The lowest BCUT2D eigenvalue weighted by Gasteiger charge is -2.15. The van der Waals surface area contributed by atoms with Gasteiger partial charge < -0.3 is 4.52 Å². The highest BCUT2D eigenvalue weighted by molar-refractivity contribution is 7.89. The van der Waals surface area contributed by atoms with Gasteiger partial charge in [-0.05, 0) is 44.9 Å². The van der Waals surface area contributed by atoms with E-state index >= 15 is 0 Å². The minimum atomic E-state index is -3.82. The standard InChI is InChI=1S/C20H20N4O5S/c1-4-9-23-17-6-5-15(30(27,28)22-20(3)7-8-20)11-16(17)18(25)24(19(23)26)12-14-10-13(2)21-29-14/h1,5-6,10-11,22H,7-9,12H2,2-3H3. The van der Waals surface area contributed by atoms with E-state index in [1.54, 1.807) is 13.0 Å². The van der Waals surface area contributed by atoms with Gasteiger partial charge in [-0.1, -0.05) is 11.1 Å². The number of nitrogens with zero attached hydrogens (tertiary/aromatic N) is 3. The third-order valence-corrected chi connectivity index (χ3v) is 6.76. The molecule has 4 rings (SSSR count). The van der Waals surface area contributed by atoms with Crippen LogP contribution in [-0.2, 0) is 23.1 Å². The van der Waals surface area contributed by atoms with Gasteiger partial charge in [0.05, 0.1) is 34.6 Å². The number of hydrogen-bond donors (Lipinski definition) is 1. The molecule has 2 heterocycles. The molecule has 3 aromatic rings. The van der Waals surface area contributed by atoms with Crippen molar-refractivity contribution >= 4 is 20.9 Å². The molecule has 0 spiro atoms. The quantitative estimate of drug-likeness (QED) is 0.585. The Labute approximate surface area is 172 Å². The molecule has 10 heteroatoms. The fourth-order valence-corrected chi connectivity index (χ4v) is 4.76. The second-order valence-electron chi connectivity index (χ2n) is 7.74. The lowest BCUT2D eigenvalue weighted by atomic mass is 10.2. The maximum absolute atomic E-state index is 13.1. The average Bonchev–Trinajstić information content (AvgIpc) is 3.26. The Morgan fingerprint density at radius 2 is 2.00 bits per heavy atom. The number of benzene rings is 1. The topological polar surface area (TPSA) is 116 Å². The predicted octanol–water partition coefficient (Wildman–Crippen LogP) is 0.972. The average molecular weight is 428 g/mol. The van der Waals surface area contributed by atoms with Gasteiger partial charge in [-0.25, -0.2) is 17.9 Å². The van der Waals surface area contributed by atoms with Gasteiger partial charge >= 0.3 is 5.69 Å². The zero-order valence-electron chi connectivity index (χ0n) is 16.5. The van der Waals surface area contributed by atoms with Gasteiger partial charge in [0.1, 0.15) is 0 Å². The summed E-state index contributed by atoms with van der Waals surface area (Å²) < 4.78 is 35.5. The lowest BCUT2D eigenvalue weighted by molar-refractivity contribution is 0.369. The van der Waals surface area contributed by atoms with Crippen LogP contribution >= 0.6 is 0 Å². The summed E-state index contributed by atoms with van der Waals surface area (Å²) in [5.41, 5.74) is -0.827. The summed E-state index contributed by atoms with van der Waals surface area (Å²) in [5, 5.41) is 3.83. The molecule has 0 aliphatic heterocycles. The van der Waals surface area contributed by atoms with Crippen molar-refractivity contribution in [1.82, 2.24) is 19.0 Å². The van der Waals surface area contributed by atoms with E-state index in [9.17, 15) is 18.0 Å². The van der Waals surface area contributed by atoms with Crippen molar-refractivity contribution < 1.29 is 12.9 Å². The first-order valence-corrected chi connectivity index (χ1v) is 10.8. The van der Waals surface area contributed by atoms with E-state index in [1.165, 1.54) is 22.8 Å². The molecule has 1 aliphatic carbocycles. The molecular weight excluding hydrogens is 408 g/mol. The minimum Gasteiger partial charge on any atom is -0.359 e. The number of terminal acetylenes is 1. The van der Waals surface area contributed by atoms with Crippen molar-refractivity contribution in [3.05, 3.63) is 56.6 Å². The molecule has 1 N–H and O–H groups in total. The van der Waals surface area contributed by atoms with Gasteiger partial charge in [-0.2, -0.15) is 0 Å². The highest BCUT2D eigenvalue weighted by atomic mass is 32.2. The SMILES string of the molecule is C#CCn1c(=O)n(Cc2cc(C)no2)c(=O)c2cc(S(=O)(=O)NC3(C)CC3)ccc21. The van der Waals surface area contributed by atoms with Crippen LogP contribution in [0.25, 0.3) is 10.9 Å². The van der Waals surface area contributed by atoms with Crippen LogP contribution in [0.5, 0.6) is 0 Å². The molecule has 0 unspecified atom stereocenters. The van der Waals surface area contributed by atoms with E-state index in [0.717, 1.165) is 17.4 Å². The molecule has 0 amide bonds. The third kappa shape index (κ3) is 3.58. The molecule has 0 radical (unpaired) electrons. The number of aryl methyl sites for hydroxylation is 1. The van der Waals surface area contributed by atoms with Crippen LogP contribution in [0, 0.1) is 19.3 Å². The Bertz CT molecular complexity index is 1420. The van der Waals surface area contributed by atoms with Crippen molar-refractivity contribution in [1.29, 1.82) is 0 Å². The van der Waals surface area contributed by atoms with Crippen molar-refractivity contribution in [2.24, 2.45) is 0 Å². The Morgan fingerprint density at radius 1 is 1.27 bits per heavy atom. The van der Waals surface area contributed by atoms with Crippen molar-refractivity contribution in [3.8, 4) is 12.3 Å². The number of sulfonamides is 1. The number of hydrogen-bond acceptors (Lipinski definition) is 6. The molecule has 0 bridgehead atoms. The lowest BCUT2D eigenvalue weighted by Crippen LogP contribution is -2.40. The van der Waals surface area contributed by atoms with E-state index in [0.29, 0.717) is 11.5 Å². The molecule has 156 valence electrons. The summed E-state index contributed by atoms with van der Waals surface area (Å²) in [5.74, 6) is 2.72. The molecule has 1 aromatic carbocycles. The second-order valence-corrected chi connectivity index (χ2v) is 9.43. The fourth-order valence-electron chi connectivity index (χ4n) is 3.27. The predicted molar refractivity (Wildman–Crippen MR) is 110 cm³/mol. The zero-order chi connectivity index (χ0) is 21.7. The molecular formula is C20H20N4O5S. The van der Waals surface area contributed by atoms with Gasteiger partial charge in [0, 0.05) is 11.6 Å². The summed E-state index contributed by atoms with van der Waals surface area (Å²) in [4.78, 5) is 26.0.